The molecule has 1 amide bonds. The van der Waals surface area contributed by atoms with Gasteiger partial charge in [0.25, 0.3) is 5.91 Å². The van der Waals surface area contributed by atoms with Crippen molar-refractivity contribution < 1.29 is 9.53 Å². The van der Waals surface area contributed by atoms with Crippen molar-refractivity contribution in [2.75, 3.05) is 19.8 Å². The first-order valence-corrected chi connectivity index (χ1v) is 6.54. The SMILES string of the molecule is N#CC1COCCN1C(=O)c1cc(-n2cccn2)ccn1. The van der Waals surface area contributed by atoms with Crippen LogP contribution in [0.1, 0.15) is 10.5 Å². The topological polar surface area (TPSA) is 84.0 Å². The maximum atomic E-state index is 12.5. The highest BCUT2D eigenvalue weighted by Crippen LogP contribution is 2.13. The van der Waals surface area contributed by atoms with E-state index in [1.54, 1.807) is 41.5 Å². The summed E-state index contributed by atoms with van der Waals surface area (Å²) in [7, 11) is 0. The highest BCUT2D eigenvalue weighted by molar-refractivity contribution is 5.93. The summed E-state index contributed by atoms with van der Waals surface area (Å²) in [5.41, 5.74) is 1.05. The van der Waals surface area contributed by atoms with Crippen LogP contribution >= 0.6 is 0 Å². The zero-order valence-electron chi connectivity index (χ0n) is 11.2. The number of pyridine rings is 1. The van der Waals surface area contributed by atoms with Gasteiger partial charge in [-0.1, -0.05) is 0 Å². The van der Waals surface area contributed by atoms with Crippen LogP contribution in [-0.2, 0) is 4.74 Å². The van der Waals surface area contributed by atoms with E-state index in [1.165, 1.54) is 4.90 Å². The summed E-state index contributed by atoms with van der Waals surface area (Å²) in [5.74, 6) is -0.265. The molecule has 3 rings (SSSR count). The first kappa shape index (κ1) is 13.3. The number of morpholine rings is 1. The van der Waals surface area contributed by atoms with Crippen LogP contribution in [0.15, 0.2) is 36.8 Å². The van der Waals surface area contributed by atoms with Crippen molar-refractivity contribution >= 4 is 5.91 Å². The summed E-state index contributed by atoms with van der Waals surface area (Å²) in [6.07, 6.45) is 5.01. The first-order valence-electron chi connectivity index (χ1n) is 6.54. The number of nitrogens with zero attached hydrogens (tertiary/aromatic N) is 5. The molecule has 2 aromatic rings. The van der Waals surface area contributed by atoms with Crippen LogP contribution in [0.2, 0.25) is 0 Å². The molecular weight excluding hydrogens is 270 g/mol. The van der Waals surface area contributed by atoms with Gasteiger partial charge in [0.15, 0.2) is 0 Å². The van der Waals surface area contributed by atoms with E-state index in [2.05, 4.69) is 16.2 Å². The van der Waals surface area contributed by atoms with Crippen molar-refractivity contribution in [2.24, 2.45) is 0 Å². The second-order valence-electron chi connectivity index (χ2n) is 4.57. The fourth-order valence-corrected chi connectivity index (χ4v) is 2.20. The van der Waals surface area contributed by atoms with Gasteiger partial charge in [-0.25, -0.2) is 4.68 Å². The van der Waals surface area contributed by atoms with Crippen molar-refractivity contribution in [1.29, 1.82) is 5.26 Å². The molecule has 1 aliphatic rings. The van der Waals surface area contributed by atoms with Crippen molar-refractivity contribution in [2.45, 2.75) is 6.04 Å². The third-order valence-corrected chi connectivity index (χ3v) is 3.27. The molecule has 1 saturated heterocycles. The molecule has 2 aromatic heterocycles. The summed E-state index contributed by atoms with van der Waals surface area (Å²) in [6.45, 7) is 1.06. The number of nitriles is 1. The molecule has 7 nitrogen and oxygen atoms in total. The van der Waals surface area contributed by atoms with E-state index in [4.69, 9.17) is 10.00 Å². The maximum Gasteiger partial charge on any atom is 0.273 e. The lowest BCUT2D eigenvalue weighted by molar-refractivity contribution is 0.0129. The van der Waals surface area contributed by atoms with Gasteiger partial charge in [0.05, 0.1) is 25.0 Å². The number of amides is 1. The Morgan fingerprint density at radius 1 is 1.48 bits per heavy atom. The van der Waals surface area contributed by atoms with Gasteiger partial charge in [-0.3, -0.25) is 9.78 Å². The lowest BCUT2D eigenvalue weighted by atomic mass is 10.2. The van der Waals surface area contributed by atoms with Gasteiger partial charge < -0.3 is 9.64 Å². The van der Waals surface area contributed by atoms with Crippen LogP contribution in [-0.4, -0.2) is 51.4 Å². The number of hydrogen-bond acceptors (Lipinski definition) is 5. The van der Waals surface area contributed by atoms with Gasteiger partial charge in [-0.05, 0) is 18.2 Å². The van der Waals surface area contributed by atoms with Crippen LogP contribution in [0.5, 0.6) is 0 Å². The lowest BCUT2D eigenvalue weighted by Gasteiger charge is -2.31. The Balaban J connectivity index is 1.88. The third kappa shape index (κ3) is 2.61. The Morgan fingerprint density at radius 3 is 3.14 bits per heavy atom. The van der Waals surface area contributed by atoms with E-state index < -0.39 is 6.04 Å². The molecule has 1 unspecified atom stereocenters. The second kappa shape index (κ2) is 5.73. The van der Waals surface area contributed by atoms with Crippen molar-refractivity contribution in [1.82, 2.24) is 19.7 Å². The van der Waals surface area contributed by atoms with E-state index in [1.807, 2.05) is 0 Å². The number of ether oxygens (including phenoxy) is 1. The highest BCUT2D eigenvalue weighted by atomic mass is 16.5. The van der Waals surface area contributed by atoms with Crippen LogP contribution < -0.4 is 0 Å². The minimum atomic E-state index is -0.568. The van der Waals surface area contributed by atoms with Crippen molar-refractivity contribution in [3.63, 3.8) is 0 Å². The quantitative estimate of drug-likeness (QED) is 0.807. The minimum absolute atomic E-state index is 0.237. The average Bonchev–Trinajstić information content (AvgIpc) is 3.09. The van der Waals surface area contributed by atoms with Crippen LogP contribution in [0.25, 0.3) is 5.69 Å². The van der Waals surface area contributed by atoms with Gasteiger partial charge >= 0.3 is 0 Å². The van der Waals surface area contributed by atoms with Crippen LogP contribution in [0, 0.1) is 11.3 Å². The van der Waals surface area contributed by atoms with Crippen LogP contribution in [0.3, 0.4) is 0 Å². The Morgan fingerprint density at radius 2 is 2.38 bits per heavy atom. The summed E-state index contributed by atoms with van der Waals surface area (Å²) < 4.78 is 6.87. The fraction of sp³-hybridized carbons (Fsp3) is 0.286. The fourth-order valence-electron chi connectivity index (χ4n) is 2.20. The van der Waals surface area contributed by atoms with E-state index >= 15 is 0 Å². The van der Waals surface area contributed by atoms with Crippen LogP contribution in [0.4, 0.5) is 0 Å². The predicted molar refractivity (Wildman–Crippen MR) is 72.6 cm³/mol. The van der Waals surface area contributed by atoms with Gasteiger partial charge in [-0.15, -0.1) is 0 Å². The Hall–Kier alpha value is -2.72. The molecule has 0 aromatic carbocycles. The standard InChI is InChI=1S/C14H13N5O2/c15-9-12-10-21-7-6-18(12)14(20)13-8-11(2-4-16-13)19-5-1-3-17-19/h1-5,8,12H,6-7,10H2. The van der Waals surface area contributed by atoms with E-state index in [0.717, 1.165) is 5.69 Å². The Labute approximate surface area is 121 Å². The lowest BCUT2D eigenvalue weighted by Crippen LogP contribution is -2.48. The molecule has 0 radical (unpaired) electrons. The molecule has 106 valence electrons. The Bertz CT molecular complexity index is 677. The first-order chi connectivity index (χ1) is 10.3. The average molecular weight is 283 g/mol. The van der Waals surface area contributed by atoms with Gasteiger partial charge in [0.2, 0.25) is 0 Å². The molecule has 0 spiro atoms. The maximum absolute atomic E-state index is 12.5. The second-order valence-corrected chi connectivity index (χ2v) is 4.57. The summed E-state index contributed by atoms with van der Waals surface area (Å²) in [4.78, 5) is 18.1. The molecular formula is C14H13N5O2. The molecule has 0 aliphatic carbocycles. The number of hydrogen-bond donors (Lipinski definition) is 0. The van der Waals surface area contributed by atoms with E-state index in [-0.39, 0.29) is 12.5 Å². The van der Waals surface area contributed by atoms with Crippen molar-refractivity contribution in [3.8, 4) is 11.8 Å². The third-order valence-electron chi connectivity index (χ3n) is 3.27. The zero-order valence-corrected chi connectivity index (χ0v) is 11.2. The number of carbonyl (C=O) groups excluding carboxylic acids is 1. The number of carbonyl (C=O) groups is 1. The number of aromatic nitrogens is 3. The molecule has 1 atom stereocenters. The van der Waals surface area contributed by atoms with Gasteiger partial charge in [-0.2, -0.15) is 10.4 Å². The molecule has 1 aliphatic heterocycles. The highest BCUT2D eigenvalue weighted by Gasteiger charge is 2.28. The summed E-state index contributed by atoms with van der Waals surface area (Å²) in [5, 5.41) is 13.2. The molecule has 0 N–H and O–H groups in total. The largest absolute Gasteiger partial charge is 0.376 e. The summed E-state index contributed by atoms with van der Waals surface area (Å²) >= 11 is 0. The van der Waals surface area contributed by atoms with E-state index in [0.29, 0.717) is 18.8 Å². The van der Waals surface area contributed by atoms with Crippen molar-refractivity contribution in [3.05, 3.63) is 42.5 Å². The van der Waals surface area contributed by atoms with Gasteiger partial charge in [0.1, 0.15) is 11.7 Å². The predicted octanol–water partition coefficient (Wildman–Crippen LogP) is 0.632. The normalized spacial score (nSPS) is 18.2. The number of rotatable bonds is 2. The summed E-state index contributed by atoms with van der Waals surface area (Å²) in [6, 6.07) is 6.75. The molecule has 0 saturated carbocycles. The molecule has 7 heteroatoms. The molecule has 0 bridgehead atoms. The Kier molecular flexibility index (Phi) is 3.62. The monoisotopic (exact) mass is 283 g/mol. The molecule has 1 fully saturated rings. The molecule has 3 heterocycles. The van der Waals surface area contributed by atoms with E-state index in [9.17, 15) is 4.79 Å². The molecule has 21 heavy (non-hydrogen) atoms. The zero-order chi connectivity index (χ0) is 14.7. The minimum Gasteiger partial charge on any atom is -0.376 e. The van der Waals surface area contributed by atoms with Gasteiger partial charge in [0, 0.05) is 25.1 Å². The smallest absolute Gasteiger partial charge is 0.273 e.